The van der Waals surface area contributed by atoms with Crippen molar-refractivity contribution in [2.75, 3.05) is 0 Å². The number of hydrogen-bond acceptors (Lipinski definition) is 4. The number of quaternary nitrogens is 1. The van der Waals surface area contributed by atoms with Crippen LogP contribution < -0.4 is 10.5 Å². The molecule has 22 heavy (non-hydrogen) atoms. The van der Waals surface area contributed by atoms with E-state index < -0.39 is 12.1 Å². The number of amides is 2. The topological polar surface area (TPSA) is 90.6 Å². The van der Waals surface area contributed by atoms with Crippen molar-refractivity contribution in [2.24, 2.45) is 0 Å². The number of rotatable bonds is 3. The van der Waals surface area contributed by atoms with Gasteiger partial charge in [0.2, 0.25) is 0 Å². The second-order valence-corrected chi connectivity index (χ2v) is 4.36. The molecule has 1 aromatic heterocycles. The molecule has 2 aromatic rings. The zero-order valence-corrected chi connectivity index (χ0v) is 11.7. The summed E-state index contributed by atoms with van der Waals surface area (Å²) in [6, 6.07) is 7.13. The molecule has 7 heteroatoms. The molecule has 2 amide bonds. The Hall–Kier alpha value is -2.82. The zero-order valence-electron chi connectivity index (χ0n) is 11.7. The van der Waals surface area contributed by atoms with Crippen molar-refractivity contribution in [3.8, 4) is 23.5 Å². The van der Waals surface area contributed by atoms with Gasteiger partial charge in [0.05, 0.1) is 0 Å². The SMILES string of the molecule is CC(C#Cc1ccc(Oc2ccc(F)cc2)o1)N(O)C([NH3+])=O. The number of hydroxylamine groups is 2. The highest BCUT2D eigenvalue weighted by atomic mass is 19.1. The molecule has 1 heterocycles. The molecule has 1 aromatic carbocycles. The Kier molecular flexibility index (Phi) is 4.78. The highest BCUT2D eigenvalue weighted by Crippen LogP contribution is 2.23. The minimum absolute atomic E-state index is 0.192. The lowest BCUT2D eigenvalue weighted by molar-refractivity contribution is -0.296. The quantitative estimate of drug-likeness (QED) is 0.515. The molecule has 0 spiro atoms. The number of hydrogen-bond donors (Lipinski definition) is 2. The van der Waals surface area contributed by atoms with E-state index in [9.17, 15) is 14.4 Å². The van der Waals surface area contributed by atoms with Crippen LogP contribution in [0.3, 0.4) is 0 Å². The maximum absolute atomic E-state index is 12.8. The van der Waals surface area contributed by atoms with Crippen LogP contribution in [0.25, 0.3) is 0 Å². The van der Waals surface area contributed by atoms with Crippen LogP contribution in [0.15, 0.2) is 40.8 Å². The van der Waals surface area contributed by atoms with Crippen LogP contribution in [-0.4, -0.2) is 22.3 Å². The number of benzene rings is 1. The first kappa shape index (κ1) is 15.6. The largest absolute Gasteiger partial charge is 0.438 e. The smallest absolute Gasteiger partial charge is 0.426 e. The molecule has 0 saturated carbocycles. The first-order valence-corrected chi connectivity index (χ1v) is 6.34. The number of carbonyl (C=O) groups is 1. The van der Waals surface area contributed by atoms with Crippen LogP contribution in [0.2, 0.25) is 0 Å². The summed E-state index contributed by atoms with van der Waals surface area (Å²) in [6.07, 6.45) is 0. The van der Waals surface area contributed by atoms with Gasteiger partial charge < -0.3 is 9.15 Å². The number of urea groups is 1. The van der Waals surface area contributed by atoms with Crippen LogP contribution in [0, 0.1) is 17.7 Å². The summed E-state index contributed by atoms with van der Waals surface area (Å²) in [5, 5.41) is 9.75. The van der Waals surface area contributed by atoms with Gasteiger partial charge in [0.1, 0.15) is 17.6 Å². The van der Waals surface area contributed by atoms with Crippen molar-refractivity contribution in [2.45, 2.75) is 13.0 Å². The average molecular weight is 305 g/mol. The summed E-state index contributed by atoms with van der Waals surface area (Å²) < 4.78 is 23.5. The molecule has 0 aliphatic carbocycles. The Labute approximate surface area is 125 Å². The third-order valence-corrected chi connectivity index (χ3v) is 2.64. The number of ether oxygens (including phenoxy) is 1. The maximum atomic E-state index is 12.8. The van der Waals surface area contributed by atoms with Gasteiger partial charge in [-0.15, -0.1) is 0 Å². The molecule has 4 N–H and O–H groups in total. The van der Waals surface area contributed by atoms with Gasteiger partial charge in [-0.05, 0) is 43.2 Å². The van der Waals surface area contributed by atoms with Gasteiger partial charge in [0.15, 0.2) is 5.76 Å². The number of nitrogens with zero attached hydrogens (tertiary/aromatic N) is 1. The van der Waals surface area contributed by atoms with Crippen molar-refractivity contribution in [1.29, 1.82) is 0 Å². The van der Waals surface area contributed by atoms with E-state index in [0.717, 1.165) is 0 Å². The molecular weight excluding hydrogens is 291 g/mol. The fourth-order valence-corrected chi connectivity index (χ4v) is 1.51. The third kappa shape index (κ3) is 4.09. The fourth-order valence-electron chi connectivity index (χ4n) is 1.51. The van der Waals surface area contributed by atoms with Crippen molar-refractivity contribution in [1.82, 2.24) is 5.06 Å². The van der Waals surface area contributed by atoms with E-state index in [4.69, 9.17) is 9.15 Å². The van der Waals surface area contributed by atoms with Gasteiger partial charge in [-0.3, -0.25) is 10.9 Å². The Morgan fingerprint density at radius 2 is 2.05 bits per heavy atom. The predicted molar refractivity (Wildman–Crippen MR) is 73.4 cm³/mol. The summed E-state index contributed by atoms with van der Waals surface area (Å²) in [5.74, 6) is 5.84. The first-order valence-electron chi connectivity index (χ1n) is 6.34. The number of furan rings is 1. The van der Waals surface area contributed by atoms with Crippen LogP contribution in [0.5, 0.6) is 11.7 Å². The molecule has 1 unspecified atom stereocenters. The molecule has 1 atom stereocenters. The van der Waals surface area contributed by atoms with E-state index in [1.165, 1.54) is 31.2 Å². The molecule has 114 valence electrons. The summed E-state index contributed by atoms with van der Waals surface area (Å²) in [7, 11) is 0. The molecule has 0 aliphatic heterocycles. The highest BCUT2D eigenvalue weighted by Gasteiger charge is 2.15. The van der Waals surface area contributed by atoms with E-state index in [1.54, 1.807) is 12.1 Å². The van der Waals surface area contributed by atoms with Gasteiger partial charge in [-0.2, -0.15) is 5.06 Å². The summed E-state index contributed by atoms with van der Waals surface area (Å²) in [5.41, 5.74) is 3.07. The lowest BCUT2D eigenvalue weighted by Gasteiger charge is -2.11. The molecule has 0 radical (unpaired) electrons. The van der Waals surface area contributed by atoms with Crippen molar-refractivity contribution < 1.29 is 29.3 Å². The third-order valence-electron chi connectivity index (χ3n) is 2.64. The maximum Gasteiger partial charge on any atom is 0.438 e. The van der Waals surface area contributed by atoms with Crippen LogP contribution in [0.4, 0.5) is 9.18 Å². The van der Waals surface area contributed by atoms with E-state index >= 15 is 0 Å². The minimum Gasteiger partial charge on any atom is -0.426 e. The Bertz CT molecular complexity index is 715. The highest BCUT2D eigenvalue weighted by molar-refractivity contribution is 5.61. The predicted octanol–water partition coefficient (Wildman–Crippen LogP) is 2.00. The van der Waals surface area contributed by atoms with E-state index in [2.05, 4.69) is 17.6 Å². The van der Waals surface area contributed by atoms with Crippen molar-refractivity contribution in [3.63, 3.8) is 0 Å². The molecule has 0 bridgehead atoms. The van der Waals surface area contributed by atoms with Gasteiger partial charge in [-0.1, -0.05) is 5.92 Å². The van der Waals surface area contributed by atoms with Gasteiger partial charge in [0.25, 0.3) is 5.95 Å². The van der Waals surface area contributed by atoms with Gasteiger partial charge >= 0.3 is 6.03 Å². The van der Waals surface area contributed by atoms with E-state index in [1.807, 2.05) is 0 Å². The van der Waals surface area contributed by atoms with E-state index in [-0.39, 0.29) is 11.8 Å². The summed E-state index contributed by atoms with van der Waals surface area (Å²) >= 11 is 0. The molecular formula is C15H14FN2O4+. The fraction of sp³-hybridized carbons (Fsp3) is 0.133. The monoisotopic (exact) mass is 305 g/mol. The molecule has 0 saturated heterocycles. The standard InChI is InChI=1S/C15H13FN2O4/c1-10(18(20)15(17)19)2-5-12-8-9-14(21-12)22-13-6-3-11(16)4-7-13/h3-4,6-10,20H,1H3,(H2,17,19)/p+1. The first-order chi connectivity index (χ1) is 10.5. The van der Waals surface area contributed by atoms with Crippen LogP contribution in [-0.2, 0) is 0 Å². The summed E-state index contributed by atoms with van der Waals surface area (Å²) in [4.78, 5) is 10.9. The molecule has 0 aliphatic rings. The van der Waals surface area contributed by atoms with Gasteiger partial charge in [0, 0.05) is 6.07 Å². The Balaban J connectivity index is 2.03. The second-order valence-electron chi connectivity index (χ2n) is 4.36. The Morgan fingerprint density at radius 1 is 1.36 bits per heavy atom. The average Bonchev–Trinajstić information content (AvgIpc) is 2.94. The zero-order chi connectivity index (χ0) is 16.1. The molecule has 0 fully saturated rings. The van der Waals surface area contributed by atoms with Gasteiger partial charge in [-0.25, -0.2) is 9.18 Å². The van der Waals surface area contributed by atoms with Crippen LogP contribution >= 0.6 is 0 Å². The summed E-state index contributed by atoms with van der Waals surface area (Å²) in [6.45, 7) is 1.54. The van der Waals surface area contributed by atoms with Crippen molar-refractivity contribution in [3.05, 3.63) is 48.0 Å². The normalized spacial score (nSPS) is 11.3. The molecule has 6 nitrogen and oxygen atoms in total. The van der Waals surface area contributed by atoms with Crippen LogP contribution in [0.1, 0.15) is 12.7 Å². The Morgan fingerprint density at radius 3 is 2.68 bits per heavy atom. The molecule has 2 rings (SSSR count). The second kappa shape index (κ2) is 6.76. The van der Waals surface area contributed by atoms with E-state index in [0.29, 0.717) is 16.6 Å². The lowest BCUT2D eigenvalue weighted by Crippen LogP contribution is -2.64. The number of halogens is 1. The van der Waals surface area contributed by atoms with Crippen molar-refractivity contribution >= 4 is 6.03 Å². The minimum atomic E-state index is -0.749. The lowest BCUT2D eigenvalue weighted by atomic mass is 10.3. The number of carbonyl (C=O) groups excluding carboxylic acids is 1.